The first-order chi connectivity index (χ1) is 14.2. The predicted octanol–water partition coefficient (Wildman–Crippen LogP) is 2.57. The van der Waals surface area contributed by atoms with Gasteiger partial charge in [-0.15, -0.1) is 0 Å². The minimum atomic E-state index is -1.11. The lowest BCUT2D eigenvalue weighted by molar-refractivity contribution is -0.255. The van der Waals surface area contributed by atoms with Crippen molar-refractivity contribution >= 4 is 23.9 Å². The molecule has 1 fully saturated rings. The Morgan fingerprint density at radius 2 is 1.32 bits per heavy atom. The molecule has 0 aliphatic carbocycles. The van der Waals surface area contributed by atoms with Crippen molar-refractivity contribution in [3.05, 3.63) is 0 Å². The van der Waals surface area contributed by atoms with Gasteiger partial charge < -0.3 is 23.7 Å². The molecule has 0 saturated carbocycles. The summed E-state index contributed by atoms with van der Waals surface area (Å²) in [4.78, 5) is 47.6. The van der Waals surface area contributed by atoms with Gasteiger partial charge in [0.1, 0.15) is 12.7 Å². The zero-order chi connectivity index (χ0) is 23.9. The van der Waals surface area contributed by atoms with E-state index in [1.807, 2.05) is 34.6 Å². The molecule has 0 unspecified atom stereocenters. The van der Waals surface area contributed by atoms with Crippen LogP contribution < -0.4 is 0 Å². The van der Waals surface area contributed by atoms with Gasteiger partial charge in [-0.25, -0.2) is 0 Å². The molecular weight excluding hydrogens is 408 g/mol. The summed E-state index contributed by atoms with van der Waals surface area (Å²) in [5, 5.41) is 0. The van der Waals surface area contributed by atoms with E-state index in [4.69, 9.17) is 23.7 Å². The summed E-state index contributed by atoms with van der Waals surface area (Å²) in [7, 11) is 0. The summed E-state index contributed by atoms with van der Waals surface area (Å²) >= 11 is 0. The van der Waals surface area contributed by atoms with Crippen LogP contribution in [0.25, 0.3) is 0 Å². The molecule has 178 valence electrons. The number of esters is 4. The Labute approximate surface area is 184 Å². The molecule has 0 radical (unpaired) electrons. The van der Waals surface area contributed by atoms with E-state index in [0.717, 1.165) is 0 Å². The molecule has 9 heteroatoms. The van der Waals surface area contributed by atoms with Crippen LogP contribution in [0.1, 0.15) is 68.2 Å². The molecule has 1 aliphatic rings. The Morgan fingerprint density at radius 3 is 1.77 bits per heavy atom. The number of carbonyl (C=O) groups is 4. The van der Waals surface area contributed by atoms with E-state index in [1.54, 1.807) is 0 Å². The van der Waals surface area contributed by atoms with Gasteiger partial charge in [-0.05, 0) is 17.8 Å². The third-order valence-corrected chi connectivity index (χ3v) is 4.43. The standard InChI is InChI=1S/C22H36O9/c1-12(2)9-16-19(31-18(26)10-22(6,7)8)21(29-15(5)25)20(28-14(4)24)17(30-16)11-27-13(3)23/h12,16-17,19-21H,9-11H2,1-8H3/t16-,17-,19+,20-,21-/m1/s1. The van der Waals surface area contributed by atoms with E-state index in [2.05, 4.69) is 0 Å². The van der Waals surface area contributed by atoms with Crippen molar-refractivity contribution in [2.75, 3.05) is 6.61 Å². The van der Waals surface area contributed by atoms with Gasteiger partial charge in [0.25, 0.3) is 0 Å². The van der Waals surface area contributed by atoms with E-state index in [-0.39, 0.29) is 24.4 Å². The van der Waals surface area contributed by atoms with Crippen LogP contribution in [-0.2, 0) is 42.9 Å². The van der Waals surface area contributed by atoms with Crippen molar-refractivity contribution in [1.29, 1.82) is 0 Å². The van der Waals surface area contributed by atoms with E-state index in [1.165, 1.54) is 20.8 Å². The molecule has 0 aromatic carbocycles. The second-order valence-electron chi connectivity index (χ2n) is 9.49. The smallest absolute Gasteiger partial charge is 0.306 e. The van der Waals surface area contributed by atoms with Gasteiger partial charge in [-0.2, -0.15) is 0 Å². The quantitative estimate of drug-likeness (QED) is 0.411. The SMILES string of the molecule is CC(=O)OC[C@H]1O[C@H](CC(C)C)[C@H](OC(=O)CC(C)(C)C)[C@@H](OC(C)=O)[C@@H]1OC(C)=O. The highest BCUT2D eigenvalue weighted by molar-refractivity contribution is 5.71. The maximum absolute atomic E-state index is 12.6. The highest BCUT2D eigenvalue weighted by Crippen LogP contribution is 2.33. The van der Waals surface area contributed by atoms with Crippen molar-refractivity contribution in [3.63, 3.8) is 0 Å². The number of hydrogen-bond donors (Lipinski definition) is 0. The third kappa shape index (κ3) is 9.67. The number of hydrogen-bond acceptors (Lipinski definition) is 9. The first-order valence-corrected chi connectivity index (χ1v) is 10.5. The molecule has 1 rings (SSSR count). The molecule has 0 amide bonds. The molecule has 1 heterocycles. The van der Waals surface area contributed by atoms with Gasteiger partial charge >= 0.3 is 23.9 Å². The molecule has 0 N–H and O–H groups in total. The molecule has 9 nitrogen and oxygen atoms in total. The molecule has 31 heavy (non-hydrogen) atoms. The van der Waals surface area contributed by atoms with Gasteiger partial charge in [-0.1, -0.05) is 34.6 Å². The van der Waals surface area contributed by atoms with Crippen LogP contribution in [0.5, 0.6) is 0 Å². The van der Waals surface area contributed by atoms with E-state index in [0.29, 0.717) is 6.42 Å². The zero-order valence-corrected chi connectivity index (χ0v) is 19.8. The largest absolute Gasteiger partial charge is 0.463 e. The van der Waals surface area contributed by atoms with Crippen LogP contribution in [0.3, 0.4) is 0 Å². The maximum Gasteiger partial charge on any atom is 0.306 e. The van der Waals surface area contributed by atoms with Crippen LogP contribution in [0.4, 0.5) is 0 Å². The lowest BCUT2D eigenvalue weighted by Gasteiger charge is -2.45. The van der Waals surface area contributed by atoms with E-state index >= 15 is 0 Å². The summed E-state index contributed by atoms with van der Waals surface area (Å²) in [5.41, 5.74) is -0.315. The molecular formula is C22H36O9. The fourth-order valence-electron chi connectivity index (χ4n) is 3.41. The number of carbonyl (C=O) groups excluding carboxylic acids is 4. The minimum Gasteiger partial charge on any atom is -0.463 e. The Kier molecular flexibility index (Phi) is 9.93. The third-order valence-electron chi connectivity index (χ3n) is 4.43. The summed E-state index contributed by atoms with van der Waals surface area (Å²) in [6.45, 7) is 13.1. The van der Waals surface area contributed by atoms with Crippen molar-refractivity contribution in [2.45, 2.75) is 98.8 Å². The van der Waals surface area contributed by atoms with Gasteiger partial charge in [0.15, 0.2) is 18.3 Å². The molecule has 0 aromatic heterocycles. The molecule has 1 aliphatic heterocycles. The fraction of sp³-hybridized carbons (Fsp3) is 0.818. The number of rotatable bonds is 8. The van der Waals surface area contributed by atoms with Crippen LogP contribution >= 0.6 is 0 Å². The van der Waals surface area contributed by atoms with Crippen molar-refractivity contribution in [1.82, 2.24) is 0 Å². The molecule has 5 atom stereocenters. The van der Waals surface area contributed by atoms with Gasteiger partial charge in [0.2, 0.25) is 0 Å². The van der Waals surface area contributed by atoms with Gasteiger partial charge in [0.05, 0.1) is 12.5 Å². The summed E-state index contributed by atoms with van der Waals surface area (Å²) in [6, 6.07) is 0. The van der Waals surface area contributed by atoms with Crippen molar-refractivity contribution in [3.8, 4) is 0 Å². The van der Waals surface area contributed by atoms with Crippen LogP contribution in [0, 0.1) is 11.3 Å². The Hall–Kier alpha value is -2.16. The van der Waals surface area contributed by atoms with Crippen LogP contribution in [0.15, 0.2) is 0 Å². The second kappa shape index (κ2) is 11.5. The highest BCUT2D eigenvalue weighted by atomic mass is 16.7. The van der Waals surface area contributed by atoms with Crippen molar-refractivity contribution < 1.29 is 42.9 Å². The lowest BCUT2D eigenvalue weighted by atomic mass is 9.89. The summed E-state index contributed by atoms with van der Waals surface area (Å²) < 4.78 is 27.8. The Balaban J connectivity index is 3.32. The summed E-state index contributed by atoms with van der Waals surface area (Å²) in [5.74, 6) is -2.12. The highest BCUT2D eigenvalue weighted by Gasteiger charge is 2.52. The average molecular weight is 445 g/mol. The normalized spacial score (nSPS) is 26.2. The first kappa shape index (κ1) is 26.9. The van der Waals surface area contributed by atoms with Crippen LogP contribution in [0.2, 0.25) is 0 Å². The average Bonchev–Trinajstić information content (AvgIpc) is 2.55. The first-order valence-electron chi connectivity index (χ1n) is 10.5. The monoisotopic (exact) mass is 444 g/mol. The lowest BCUT2D eigenvalue weighted by Crippen LogP contribution is -2.62. The predicted molar refractivity (Wildman–Crippen MR) is 110 cm³/mol. The Bertz CT molecular complexity index is 650. The van der Waals surface area contributed by atoms with Crippen molar-refractivity contribution in [2.24, 2.45) is 11.3 Å². The maximum atomic E-state index is 12.6. The van der Waals surface area contributed by atoms with Crippen LogP contribution in [-0.4, -0.2) is 61.0 Å². The minimum absolute atomic E-state index is 0.139. The molecule has 0 bridgehead atoms. The molecule has 0 spiro atoms. The molecule has 1 saturated heterocycles. The van der Waals surface area contributed by atoms with E-state index < -0.39 is 54.4 Å². The fourth-order valence-corrected chi connectivity index (χ4v) is 3.41. The Morgan fingerprint density at radius 1 is 0.806 bits per heavy atom. The van der Waals surface area contributed by atoms with Gasteiger partial charge in [0, 0.05) is 20.8 Å². The zero-order valence-electron chi connectivity index (χ0n) is 19.8. The van der Waals surface area contributed by atoms with Gasteiger partial charge in [-0.3, -0.25) is 19.2 Å². The topological polar surface area (TPSA) is 114 Å². The summed E-state index contributed by atoms with van der Waals surface area (Å²) in [6.07, 6.45) is -4.13. The molecule has 0 aromatic rings. The number of ether oxygens (including phenoxy) is 5. The second-order valence-corrected chi connectivity index (χ2v) is 9.49. The van der Waals surface area contributed by atoms with E-state index in [9.17, 15) is 19.2 Å².